The smallest absolute Gasteiger partial charge is 0.269 e. The Kier molecular flexibility index (Phi) is 3.50. The lowest BCUT2D eigenvalue weighted by atomic mass is 9.92. The number of ketones is 1. The molecule has 3 rings (SSSR count). The number of benzene rings is 1. The molecule has 106 valence electrons. The Labute approximate surface area is 116 Å². The highest BCUT2D eigenvalue weighted by atomic mass is 16.6. The number of rotatable bonds is 3. The van der Waals surface area contributed by atoms with Gasteiger partial charge in [-0.1, -0.05) is 12.1 Å². The van der Waals surface area contributed by atoms with Gasteiger partial charge in [0.2, 0.25) is 0 Å². The van der Waals surface area contributed by atoms with Crippen molar-refractivity contribution in [2.75, 3.05) is 13.2 Å². The molecule has 1 aromatic rings. The predicted octanol–water partition coefficient (Wildman–Crippen LogP) is 1.53. The van der Waals surface area contributed by atoms with Crippen LogP contribution in [-0.2, 0) is 16.1 Å². The van der Waals surface area contributed by atoms with Crippen LogP contribution in [0.15, 0.2) is 24.3 Å². The van der Waals surface area contributed by atoms with Gasteiger partial charge in [0.05, 0.1) is 18.1 Å². The summed E-state index contributed by atoms with van der Waals surface area (Å²) in [5, 5.41) is 10.6. The third-order valence-corrected chi connectivity index (χ3v) is 4.00. The van der Waals surface area contributed by atoms with Gasteiger partial charge in [-0.25, -0.2) is 0 Å². The van der Waals surface area contributed by atoms with Crippen molar-refractivity contribution in [2.45, 2.75) is 31.5 Å². The monoisotopic (exact) mass is 276 g/mol. The van der Waals surface area contributed by atoms with E-state index >= 15 is 0 Å². The molecule has 1 aromatic carbocycles. The highest BCUT2D eigenvalue weighted by molar-refractivity contribution is 5.80. The zero-order chi connectivity index (χ0) is 14.1. The van der Waals surface area contributed by atoms with Gasteiger partial charge in [-0.05, 0) is 5.56 Å². The fourth-order valence-corrected chi connectivity index (χ4v) is 2.98. The van der Waals surface area contributed by atoms with Crippen LogP contribution in [0, 0.1) is 10.1 Å². The summed E-state index contributed by atoms with van der Waals surface area (Å²) in [5.74, 6) is 0.309. The fraction of sp³-hybridized carbons (Fsp3) is 0.500. The molecule has 6 heteroatoms. The summed E-state index contributed by atoms with van der Waals surface area (Å²) in [7, 11) is 0. The first-order valence-corrected chi connectivity index (χ1v) is 6.72. The minimum absolute atomic E-state index is 0.103. The summed E-state index contributed by atoms with van der Waals surface area (Å²) in [6, 6.07) is 6.90. The van der Waals surface area contributed by atoms with E-state index in [4.69, 9.17) is 4.74 Å². The van der Waals surface area contributed by atoms with Gasteiger partial charge in [0.1, 0.15) is 5.78 Å². The fourth-order valence-electron chi connectivity index (χ4n) is 2.98. The van der Waals surface area contributed by atoms with Crippen molar-refractivity contribution in [2.24, 2.45) is 0 Å². The number of non-ortho nitro benzene ring substituents is 1. The lowest BCUT2D eigenvalue weighted by Gasteiger charge is -2.45. The summed E-state index contributed by atoms with van der Waals surface area (Å²) in [6.45, 7) is 1.90. The van der Waals surface area contributed by atoms with Crippen LogP contribution in [0.2, 0.25) is 0 Å². The van der Waals surface area contributed by atoms with Gasteiger partial charge in [0.15, 0.2) is 0 Å². The van der Waals surface area contributed by atoms with Crippen molar-refractivity contribution in [3.8, 4) is 0 Å². The number of morpholine rings is 1. The van der Waals surface area contributed by atoms with Crippen molar-refractivity contribution >= 4 is 11.5 Å². The van der Waals surface area contributed by atoms with Crippen LogP contribution in [0.4, 0.5) is 5.69 Å². The molecule has 6 nitrogen and oxygen atoms in total. The largest absolute Gasteiger partial charge is 0.378 e. The number of hydrogen-bond acceptors (Lipinski definition) is 5. The molecule has 2 saturated heterocycles. The van der Waals surface area contributed by atoms with Crippen LogP contribution in [0.1, 0.15) is 18.4 Å². The standard InChI is InChI=1S/C14H16N2O4/c17-14-5-12-8-20-9-13(6-14)15(12)7-10-1-3-11(4-2-10)16(18)19/h1-4,12-13H,5-9H2. The van der Waals surface area contributed by atoms with Crippen LogP contribution in [-0.4, -0.2) is 40.9 Å². The number of fused-ring (bicyclic) bond motifs is 2. The molecule has 2 unspecified atom stereocenters. The van der Waals surface area contributed by atoms with E-state index in [0.717, 1.165) is 5.56 Å². The Balaban J connectivity index is 1.73. The number of nitro benzene ring substituents is 1. The van der Waals surface area contributed by atoms with Gasteiger partial charge < -0.3 is 4.74 Å². The van der Waals surface area contributed by atoms with Gasteiger partial charge in [-0.15, -0.1) is 0 Å². The Morgan fingerprint density at radius 2 is 1.80 bits per heavy atom. The zero-order valence-corrected chi connectivity index (χ0v) is 11.0. The van der Waals surface area contributed by atoms with Crippen LogP contribution in [0.3, 0.4) is 0 Å². The molecule has 2 aliphatic rings. The van der Waals surface area contributed by atoms with E-state index in [1.165, 1.54) is 12.1 Å². The molecule has 0 N–H and O–H groups in total. The van der Waals surface area contributed by atoms with Crippen molar-refractivity contribution in [3.63, 3.8) is 0 Å². The molecular formula is C14H16N2O4. The summed E-state index contributed by atoms with van der Waals surface area (Å²) in [6.07, 6.45) is 1.09. The Bertz CT molecular complexity index is 512. The Morgan fingerprint density at radius 3 is 2.35 bits per heavy atom. The summed E-state index contributed by atoms with van der Waals surface area (Å²) in [5.41, 5.74) is 1.13. The number of Topliss-reactive ketones (excluding diaryl/α,β-unsaturated/α-hetero) is 1. The average Bonchev–Trinajstić information content (AvgIpc) is 2.40. The second kappa shape index (κ2) is 5.30. The number of nitro groups is 1. The number of hydrogen-bond donors (Lipinski definition) is 0. The van der Waals surface area contributed by atoms with Crippen LogP contribution < -0.4 is 0 Å². The van der Waals surface area contributed by atoms with Gasteiger partial charge >= 0.3 is 0 Å². The van der Waals surface area contributed by atoms with Gasteiger partial charge in [0, 0.05) is 43.6 Å². The van der Waals surface area contributed by atoms with Crippen molar-refractivity contribution in [1.29, 1.82) is 0 Å². The van der Waals surface area contributed by atoms with Crippen LogP contribution in [0.5, 0.6) is 0 Å². The normalized spacial score (nSPS) is 26.5. The van der Waals surface area contributed by atoms with Gasteiger partial charge in [-0.3, -0.25) is 19.8 Å². The second-order valence-corrected chi connectivity index (χ2v) is 5.39. The number of piperidine rings is 1. The van der Waals surface area contributed by atoms with Gasteiger partial charge in [0.25, 0.3) is 5.69 Å². The van der Waals surface area contributed by atoms with Crippen molar-refractivity contribution in [3.05, 3.63) is 39.9 Å². The highest BCUT2D eigenvalue weighted by Gasteiger charge is 2.38. The van der Waals surface area contributed by atoms with E-state index in [9.17, 15) is 14.9 Å². The first-order valence-electron chi connectivity index (χ1n) is 6.72. The van der Waals surface area contributed by atoms with E-state index in [1.807, 2.05) is 0 Å². The van der Waals surface area contributed by atoms with E-state index in [1.54, 1.807) is 12.1 Å². The predicted molar refractivity (Wildman–Crippen MR) is 71.3 cm³/mol. The molecule has 20 heavy (non-hydrogen) atoms. The lowest BCUT2D eigenvalue weighted by molar-refractivity contribution is -0.384. The SMILES string of the molecule is O=C1CC2COCC(C1)N2Cc1ccc([N+](=O)[O-])cc1. The molecule has 2 aliphatic heterocycles. The Morgan fingerprint density at radius 1 is 1.20 bits per heavy atom. The lowest BCUT2D eigenvalue weighted by Crippen LogP contribution is -2.56. The first kappa shape index (κ1) is 13.2. The maximum Gasteiger partial charge on any atom is 0.269 e. The first-order chi connectivity index (χ1) is 9.63. The molecule has 2 fully saturated rings. The van der Waals surface area contributed by atoms with E-state index < -0.39 is 4.92 Å². The topological polar surface area (TPSA) is 72.7 Å². The molecule has 0 amide bonds. The molecule has 2 atom stereocenters. The van der Waals surface area contributed by atoms with Crippen LogP contribution in [0.25, 0.3) is 0 Å². The maximum absolute atomic E-state index is 11.6. The van der Waals surface area contributed by atoms with E-state index in [0.29, 0.717) is 38.4 Å². The molecule has 0 spiro atoms. The summed E-state index contributed by atoms with van der Waals surface area (Å²) in [4.78, 5) is 24.2. The van der Waals surface area contributed by atoms with Gasteiger partial charge in [-0.2, -0.15) is 0 Å². The third kappa shape index (κ3) is 2.57. The molecule has 2 bridgehead atoms. The number of nitrogens with zero attached hydrogens (tertiary/aromatic N) is 2. The molecule has 0 radical (unpaired) electrons. The Hall–Kier alpha value is -1.79. The minimum atomic E-state index is -0.397. The molecule has 0 saturated carbocycles. The number of ether oxygens (including phenoxy) is 1. The summed E-state index contributed by atoms with van der Waals surface area (Å²) < 4.78 is 5.52. The quantitative estimate of drug-likeness (QED) is 0.618. The van der Waals surface area contributed by atoms with Crippen molar-refractivity contribution < 1.29 is 14.5 Å². The van der Waals surface area contributed by atoms with E-state index in [2.05, 4.69) is 4.90 Å². The van der Waals surface area contributed by atoms with Crippen LogP contribution >= 0.6 is 0 Å². The summed E-state index contributed by atoms with van der Waals surface area (Å²) >= 11 is 0. The third-order valence-electron chi connectivity index (χ3n) is 4.00. The number of carbonyl (C=O) groups is 1. The zero-order valence-electron chi connectivity index (χ0n) is 11.0. The molecule has 0 aromatic heterocycles. The van der Waals surface area contributed by atoms with Crippen molar-refractivity contribution in [1.82, 2.24) is 4.90 Å². The maximum atomic E-state index is 11.6. The molecule has 0 aliphatic carbocycles. The molecule has 2 heterocycles. The van der Waals surface area contributed by atoms with E-state index in [-0.39, 0.29) is 17.8 Å². The molecular weight excluding hydrogens is 260 g/mol. The average molecular weight is 276 g/mol. The second-order valence-electron chi connectivity index (χ2n) is 5.39. The number of carbonyl (C=O) groups excluding carboxylic acids is 1. The minimum Gasteiger partial charge on any atom is -0.378 e. The highest BCUT2D eigenvalue weighted by Crippen LogP contribution is 2.27.